The zero-order chi connectivity index (χ0) is 23.2. The fraction of sp³-hybridized carbons (Fsp3) is 0.136. The van der Waals surface area contributed by atoms with Crippen LogP contribution in [0.2, 0.25) is 5.02 Å². The highest BCUT2D eigenvalue weighted by molar-refractivity contribution is 6.34. The highest BCUT2D eigenvalue weighted by atomic mass is 35.5. The van der Waals surface area contributed by atoms with Crippen LogP contribution in [0.3, 0.4) is 0 Å². The van der Waals surface area contributed by atoms with E-state index in [1.807, 2.05) is 0 Å². The Labute approximate surface area is 172 Å². The Kier molecular flexibility index (Phi) is 3.70. The van der Waals surface area contributed by atoms with E-state index in [1.54, 1.807) is 24.3 Å². The summed E-state index contributed by atoms with van der Waals surface area (Å²) in [6.45, 7) is 0. The van der Waals surface area contributed by atoms with Gasteiger partial charge in [-0.3, -0.25) is 24.3 Å². The second kappa shape index (κ2) is 7.44. The van der Waals surface area contributed by atoms with Crippen LogP contribution in [-0.4, -0.2) is 16.4 Å². The standard InChI is InChI=1S/C22H17ClN2O3/c23-21-16(4-3-5-17(21)18-11-12-19(26)24-22(18)28)14-7-9-15(10-8-14)25-13-2-1-6-20(25)27/h1-10,13,18H,11-12H2,(H,24,26,28)/i7D,8D,9D,10D. The lowest BCUT2D eigenvalue weighted by Gasteiger charge is -2.23. The van der Waals surface area contributed by atoms with Gasteiger partial charge in [-0.2, -0.15) is 0 Å². The first-order valence-electron chi connectivity index (χ1n) is 10.6. The monoisotopic (exact) mass is 396 g/mol. The average Bonchev–Trinajstić information content (AvgIpc) is 2.75. The van der Waals surface area contributed by atoms with E-state index in [4.69, 9.17) is 17.1 Å². The number of rotatable bonds is 3. The zero-order valence-electron chi connectivity index (χ0n) is 18.6. The highest BCUT2D eigenvalue weighted by Crippen LogP contribution is 2.37. The molecule has 140 valence electrons. The quantitative estimate of drug-likeness (QED) is 0.687. The van der Waals surface area contributed by atoms with E-state index in [0.29, 0.717) is 5.56 Å². The molecule has 28 heavy (non-hydrogen) atoms. The first-order chi connectivity index (χ1) is 15.2. The van der Waals surface area contributed by atoms with Crippen molar-refractivity contribution in [2.45, 2.75) is 18.8 Å². The number of halogens is 1. The largest absolute Gasteiger partial charge is 0.296 e. The van der Waals surface area contributed by atoms with Crippen LogP contribution in [0.5, 0.6) is 0 Å². The minimum absolute atomic E-state index is 0.0353. The van der Waals surface area contributed by atoms with Gasteiger partial charge in [-0.1, -0.05) is 48.0 Å². The van der Waals surface area contributed by atoms with E-state index < -0.39 is 29.5 Å². The van der Waals surface area contributed by atoms with Crippen LogP contribution in [-0.2, 0) is 9.59 Å². The van der Waals surface area contributed by atoms with Gasteiger partial charge in [0.25, 0.3) is 5.56 Å². The van der Waals surface area contributed by atoms with Crippen molar-refractivity contribution in [3.63, 3.8) is 0 Å². The summed E-state index contributed by atoms with van der Waals surface area (Å²) in [6, 6.07) is 7.64. The van der Waals surface area contributed by atoms with Crippen LogP contribution < -0.4 is 10.9 Å². The Morgan fingerprint density at radius 2 is 1.82 bits per heavy atom. The molecule has 2 amide bonds. The third-order valence-electron chi connectivity index (χ3n) is 4.59. The van der Waals surface area contributed by atoms with Gasteiger partial charge in [0, 0.05) is 29.9 Å². The van der Waals surface area contributed by atoms with E-state index in [1.165, 1.54) is 18.3 Å². The lowest BCUT2D eigenvalue weighted by molar-refractivity contribution is -0.134. The van der Waals surface area contributed by atoms with Crippen LogP contribution in [0.25, 0.3) is 16.8 Å². The summed E-state index contributed by atoms with van der Waals surface area (Å²) in [4.78, 5) is 36.0. The molecule has 5 nitrogen and oxygen atoms in total. The Bertz CT molecular complexity index is 1310. The molecule has 6 heteroatoms. The zero-order valence-corrected chi connectivity index (χ0v) is 15.3. The number of carbonyl (C=O) groups is 2. The second-order valence-electron chi connectivity index (χ2n) is 6.34. The van der Waals surface area contributed by atoms with E-state index in [-0.39, 0.29) is 52.7 Å². The van der Waals surface area contributed by atoms with Gasteiger partial charge < -0.3 is 0 Å². The number of nitrogens with one attached hydrogen (secondary N) is 1. The molecule has 1 unspecified atom stereocenters. The van der Waals surface area contributed by atoms with Crippen molar-refractivity contribution < 1.29 is 15.1 Å². The molecule has 4 rings (SSSR count). The molecule has 0 bridgehead atoms. The molecule has 1 saturated heterocycles. The number of pyridine rings is 1. The first-order valence-corrected chi connectivity index (χ1v) is 9.01. The highest BCUT2D eigenvalue weighted by Gasteiger charge is 2.30. The summed E-state index contributed by atoms with van der Waals surface area (Å²) in [6.07, 6.45) is 1.82. The second-order valence-corrected chi connectivity index (χ2v) is 6.72. The SMILES string of the molecule is [2H]c1c([2H])c(-n2ccccc2=O)c([2H])c([2H])c1-c1cccc(C2CCC(=O)NC2=O)c1Cl. The fourth-order valence-corrected chi connectivity index (χ4v) is 3.53. The van der Waals surface area contributed by atoms with E-state index in [2.05, 4.69) is 5.32 Å². The Morgan fingerprint density at radius 1 is 1.04 bits per heavy atom. The number of imide groups is 1. The summed E-state index contributed by atoms with van der Waals surface area (Å²) in [5.41, 5.74) is -0.00943. The molecule has 1 aromatic heterocycles. The number of carbonyl (C=O) groups excluding carboxylic acids is 2. The van der Waals surface area contributed by atoms with Gasteiger partial charge in [0.05, 0.1) is 16.4 Å². The third kappa shape index (κ3) is 3.37. The molecular weight excluding hydrogens is 376 g/mol. The average molecular weight is 397 g/mol. The molecule has 2 aromatic carbocycles. The van der Waals surface area contributed by atoms with Crippen LogP contribution in [0.4, 0.5) is 0 Å². The van der Waals surface area contributed by atoms with Crippen LogP contribution in [0.1, 0.15) is 29.8 Å². The maximum atomic E-state index is 12.3. The fourth-order valence-electron chi connectivity index (χ4n) is 3.18. The first kappa shape index (κ1) is 13.9. The Morgan fingerprint density at radius 3 is 2.54 bits per heavy atom. The topological polar surface area (TPSA) is 68.2 Å². The number of aromatic nitrogens is 1. The molecule has 2 heterocycles. The summed E-state index contributed by atoms with van der Waals surface area (Å²) in [5, 5.41) is 2.40. The lowest BCUT2D eigenvalue weighted by Crippen LogP contribution is -2.39. The molecule has 0 aliphatic carbocycles. The number of hydrogen-bond donors (Lipinski definition) is 1. The van der Waals surface area contributed by atoms with Gasteiger partial charge >= 0.3 is 0 Å². The van der Waals surface area contributed by atoms with Gasteiger partial charge in [-0.15, -0.1) is 0 Å². The van der Waals surface area contributed by atoms with E-state index in [0.717, 1.165) is 4.57 Å². The molecule has 0 saturated carbocycles. The van der Waals surface area contributed by atoms with Gasteiger partial charge in [-0.25, -0.2) is 0 Å². The third-order valence-corrected chi connectivity index (χ3v) is 5.01. The van der Waals surface area contributed by atoms with Crippen molar-refractivity contribution >= 4 is 23.4 Å². The van der Waals surface area contributed by atoms with Crippen LogP contribution in [0.15, 0.2) is 71.6 Å². The maximum Gasteiger partial charge on any atom is 0.255 e. The molecule has 3 aromatic rings. The maximum absolute atomic E-state index is 12.3. The van der Waals surface area contributed by atoms with Crippen LogP contribution >= 0.6 is 11.6 Å². The van der Waals surface area contributed by atoms with Crippen molar-refractivity contribution in [1.29, 1.82) is 0 Å². The normalized spacial score (nSPS) is 18.7. The van der Waals surface area contributed by atoms with E-state index >= 15 is 0 Å². The predicted molar refractivity (Wildman–Crippen MR) is 108 cm³/mol. The Hall–Kier alpha value is -3.18. The van der Waals surface area contributed by atoms with Gasteiger partial charge in [0.1, 0.15) is 0 Å². The van der Waals surface area contributed by atoms with Gasteiger partial charge in [0.2, 0.25) is 11.8 Å². The number of amides is 2. The molecule has 1 aliphatic heterocycles. The van der Waals surface area contributed by atoms with Gasteiger partial charge in [0.15, 0.2) is 0 Å². The molecule has 1 fully saturated rings. The smallest absolute Gasteiger partial charge is 0.255 e. The molecular formula is C22H17ClN2O3. The summed E-state index contributed by atoms with van der Waals surface area (Å²) in [5.74, 6) is -1.50. The van der Waals surface area contributed by atoms with Crippen molar-refractivity contribution in [2.75, 3.05) is 0 Å². The van der Waals surface area contributed by atoms with Crippen molar-refractivity contribution in [3.05, 3.63) is 87.7 Å². The number of piperidine rings is 1. The summed E-state index contributed by atoms with van der Waals surface area (Å²) >= 11 is 6.60. The summed E-state index contributed by atoms with van der Waals surface area (Å²) in [7, 11) is 0. The minimum atomic E-state index is -0.670. The van der Waals surface area contributed by atoms with E-state index in [9.17, 15) is 14.4 Å². The summed E-state index contributed by atoms with van der Waals surface area (Å²) < 4.78 is 35.0. The number of nitrogens with zero attached hydrogens (tertiary/aromatic N) is 1. The molecule has 1 aliphatic rings. The molecule has 0 spiro atoms. The van der Waals surface area contributed by atoms with Gasteiger partial charge in [-0.05, 0) is 35.7 Å². The number of benzene rings is 2. The molecule has 1 atom stereocenters. The van der Waals surface area contributed by atoms with Crippen molar-refractivity contribution in [1.82, 2.24) is 9.88 Å². The van der Waals surface area contributed by atoms with Crippen molar-refractivity contribution in [2.24, 2.45) is 0 Å². The minimum Gasteiger partial charge on any atom is -0.296 e. The number of hydrogen-bond acceptors (Lipinski definition) is 3. The molecule has 1 N–H and O–H groups in total. The molecule has 0 radical (unpaired) electrons. The lowest BCUT2D eigenvalue weighted by atomic mass is 9.88. The Balaban J connectivity index is 1.91. The van der Waals surface area contributed by atoms with Crippen LogP contribution in [0, 0.1) is 0 Å². The predicted octanol–water partition coefficient (Wildman–Crippen LogP) is 3.68. The van der Waals surface area contributed by atoms with Crippen molar-refractivity contribution in [3.8, 4) is 16.8 Å².